The third-order valence-corrected chi connectivity index (χ3v) is 5.46. The van der Waals surface area contributed by atoms with E-state index in [1.807, 2.05) is 4.90 Å². The smallest absolute Gasteiger partial charge is 0.255 e. The average Bonchev–Trinajstić information content (AvgIpc) is 3.04. The van der Waals surface area contributed by atoms with Gasteiger partial charge in [0.2, 0.25) is 5.91 Å². The van der Waals surface area contributed by atoms with Gasteiger partial charge in [0, 0.05) is 30.5 Å². The molecular formula is C16H20N4O2. The fourth-order valence-electron chi connectivity index (χ4n) is 3.69. The second-order valence-electron chi connectivity index (χ2n) is 6.86. The van der Waals surface area contributed by atoms with Gasteiger partial charge in [0.1, 0.15) is 0 Å². The van der Waals surface area contributed by atoms with Crippen molar-refractivity contribution in [3.63, 3.8) is 0 Å². The quantitative estimate of drug-likeness (QED) is 0.903. The lowest BCUT2D eigenvalue weighted by atomic mass is 9.92. The van der Waals surface area contributed by atoms with E-state index >= 15 is 0 Å². The highest BCUT2D eigenvalue weighted by atomic mass is 16.2. The topological polar surface area (TPSA) is 75.2 Å². The number of carbonyl (C=O) groups excluding carboxylic acids is 2. The Bertz CT molecular complexity index is 601. The Kier molecular flexibility index (Phi) is 3.13. The molecule has 1 aliphatic heterocycles. The van der Waals surface area contributed by atoms with Crippen molar-refractivity contribution in [2.75, 3.05) is 13.1 Å². The highest BCUT2D eigenvalue weighted by Crippen LogP contribution is 2.58. The van der Waals surface area contributed by atoms with Gasteiger partial charge in [0.25, 0.3) is 5.91 Å². The van der Waals surface area contributed by atoms with E-state index in [9.17, 15) is 9.59 Å². The normalized spacial score (nSPS) is 30.2. The first kappa shape index (κ1) is 13.7. The minimum atomic E-state index is -0.00294. The molecule has 2 saturated carbocycles. The van der Waals surface area contributed by atoms with Crippen molar-refractivity contribution in [1.29, 1.82) is 0 Å². The lowest BCUT2D eigenvalue weighted by Crippen LogP contribution is -2.41. The number of likely N-dealkylation sites (tertiary alicyclic amines) is 1. The summed E-state index contributed by atoms with van der Waals surface area (Å²) in [6, 6.07) is 2.08. The average molecular weight is 300 g/mol. The molecule has 116 valence electrons. The van der Waals surface area contributed by atoms with E-state index in [1.54, 1.807) is 6.07 Å². The van der Waals surface area contributed by atoms with Crippen LogP contribution in [0.25, 0.3) is 0 Å². The predicted octanol–water partition coefficient (Wildman–Crippen LogP) is 0.997. The molecule has 2 atom stereocenters. The molecule has 6 heteroatoms. The highest BCUT2D eigenvalue weighted by molar-refractivity contribution is 5.94. The van der Waals surface area contributed by atoms with Crippen LogP contribution in [0, 0.1) is 11.3 Å². The second kappa shape index (κ2) is 5.04. The molecule has 0 radical (unpaired) electrons. The first-order chi connectivity index (χ1) is 10.7. The van der Waals surface area contributed by atoms with Crippen molar-refractivity contribution in [3.8, 4) is 0 Å². The van der Waals surface area contributed by atoms with Gasteiger partial charge >= 0.3 is 0 Å². The van der Waals surface area contributed by atoms with Crippen molar-refractivity contribution in [1.82, 2.24) is 20.4 Å². The molecule has 2 aliphatic carbocycles. The van der Waals surface area contributed by atoms with Crippen molar-refractivity contribution in [3.05, 3.63) is 24.0 Å². The molecule has 0 aromatic carbocycles. The Morgan fingerprint density at radius 3 is 2.86 bits per heavy atom. The molecule has 22 heavy (non-hydrogen) atoms. The van der Waals surface area contributed by atoms with Crippen LogP contribution in [0.4, 0.5) is 0 Å². The van der Waals surface area contributed by atoms with Gasteiger partial charge in [-0.2, -0.15) is 10.2 Å². The van der Waals surface area contributed by atoms with Gasteiger partial charge in [-0.3, -0.25) is 9.59 Å². The fourth-order valence-corrected chi connectivity index (χ4v) is 3.69. The summed E-state index contributed by atoms with van der Waals surface area (Å²) in [6.07, 6.45) is 8.34. The van der Waals surface area contributed by atoms with Gasteiger partial charge in [-0.05, 0) is 38.2 Å². The van der Waals surface area contributed by atoms with Gasteiger partial charge in [-0.15, -0.1) is 0 Å². The molecular weight excluding hydrogens is 280 g/mol. The maximum Gasteiger partial charge on any atom is 0.255 e. The monoisotopic (exact) mass is 300 g/mol. The Labute approximate surface area is 129 Å². The van der Waals surface area contributed by atoms with Crippen LogP contribution in [0.1, 0.15) is 42.5 Å². The van der Waals surface area contributed by atoms with E-state index in [0.717, 1.165) is 32.2 Å². The Morgan fingerprint density at radius 1 is 1.32 bits per heavy atom. The lowest BCUT2D eigenvalue weighted by molar-refractivity contribution is -0.124. The summed E-state index contributed by atoms with van der Waals surface area (Å²) in [5, 5.41) is 10.6. The third kappa shape index (κ3) is 2.26. The number of nitrogens with zero attached hydrogens (tertiary/aromatic N) is 3. The maximum atomic E-state index is 12.4. The molecule has 2 amide bonds. The van der Waals surface area contributed by atoms with Gasteiger partial charge in [0.05, 0.1) is 18.0 Å². The predicted molar refractivity (Wildman–Crippen MR) is 78.9 cm³/mol. The van der Waals surface area contributed by atoms with Gasteiger partial charge in [-0.25, -0.2) is 0 Å². The van der Waals surface area contributed by atoms with Crippen molar-refractivity contribution in [2.45, 2.75) is 38.1 Å². The van der Waals surface area contributed by atoms with Crippen LogP contribution in [0.3, 0.4) is 0 Å². The van der Waals surface area contributed by atoms with Gasteiger partial charge in [0.15, 0.2) is 0 Å². The molecule has 1 aromatic heterocycles. The number of rotatable bonds is 3. The van der Waals surface area contributed by atoms with Crippen molar-refractivity contribution >= 4 is 11.8 Å². The number of hydrogen-bond acceptors (Lipinski definition) is 4. The van der Waals surface area contributed by atoms with Crippen molar-refractivity contribution < 1.29 is 9.59 Å². The summed E-state index contributed by atoms with van der Waals surface area (Å²) in [4.78, 5) is 26.6. The molecule has 4 rings (SSSR count). The van der Waals surface area contributed by atoms with Crippen LogP contribution in [0.2, 0.25) is 0 Å². The molecule has 6 nitrogen and oxygen atoms in total. The molecule has 1 saturated heterocycles. The van der Waals surface area contributed by atoms with Gasteiger partial charge in [-0.1, -0.05) is 0 Å². The SMILES string of the molecule is O=C(NC1CCC1)[C@H]1C[C@@]12CCN(C(=O)c1ccnnc1)C2. The number of carbonyl (C=O) groups is 2. The summed E-state index contributed by atoms with van der Waals surface area (Å²) < 4.78 is 0. The highest BCUT2D eigenvalue weighted by Gasteiger charge is 2.61. The fraction of sp³-hybridized carbons (Fsp3) is 0.625. The van der Waals surface area contributed by atoms with Crippen LogP contribution in [-0.2, 0) is 4.79 Å². The van der Waals surface area contributed by atoms with Crippen LogP contribution >= 0.6 is 0 Å². The molecule has 3 aliphatic rings. The number of hydrogen-bond donors (Lipinski definition) is 1. The van der Waals surface area contributed by atoms with Crippen LogP contribution in [-0.4, -0.2) is 46.0 Å². The molecule has 3 fully saturated rings. The maximum absolute atomic E-state index is 12.4. The first-order valence-electron chi connectivity index (χ1n) is 8.04. The van der Waals surface area contributed by atoms with E-state index in [2.05, 4.69) is 15.5 Å². The Morgan fingerprint density at radius 2 is 2.18 bits per heavy atom. The van der Waals surface area contributed by atoms with E-state index in [4.69, 9.17) is 0 Å². The molecule has 2 heterocycles. The van der Waals surface area contributed by atoms with Crippen LogP contribution in [0.5, 0.6) is 0 Å². The minimum absolute atomic E-state index is 0.00294. The Hall–Kier alpha value is -1.98. The zero-order valence-corrected chi connectivity index (χ0v) is 12.5. The van der Waals surface area contributed by atoms with E-state index in [-0.39, 0.29) is 23.1 Å². The Balaban J connectivity index is 1.37. The molecule has 0 bridgehead atoms. The minimum Gasteiger partial charge on any atom is -0.353 e. The van der Waals surface area contributed by atoms with Gasteiger partial charge < -0.3 is 10.2 Å². The zero-order valence-electron chi connectivity index (χ0n) is 12.5. The zero-order chi connectivity index (χ0) is 15.2. The molecule has 1 N–H and O–H groups in total. The summed E-state index contributed by atoms with van der Waals surface area (Å²) in [5.74, 6) is 0.294. The number of aromatic nitrogens is 2. The molecule has 0 unspecified atom stereocenters. The summed E-state index contributed by atoms with van der Waals surface area (Å²) in [7, 11) is 0. The van der Waals surface area contributed by atoms with Crippen molar-refractivity contribution in [2.24, 2.45) is 11.3 Å². The van der Waals surface area contributed by atoms with E-state index in [0.29, 0.717) is 18.2 Å². The summed E-state index contributed by atoms with van der Waals surface area (Å²) in [5.41, 5.74) is 0.604. The van der Waals surface area contributed by atoms with E-state index < -0.39 is 0 Å². The van der Waals surface area contributed by atoms with Crippen LogP contribution in [0.15, 0.2) is 18.5 Å². The largest absolute Gasteiger partial charge is 0.353 e. The third-order valence-electron chi connectivity index (χ3n) is 5.46. The summed E-state index contributed by atoms with van der Waals surface area (Å²) >= 11 is 0. The second-order valence-corrected chi connectivity index (χ2v) is 6.86. The number of nitrogens with one attached hydrogen (secondary N) is 1. The van der Waals surface area contributed by atoms with E-state index in [1.165, 1.54) is 18.8 Å². The molecule has 1 spiro atoms. The summed E-state index contributed by atoms with van der Waals surface area (Å²) in [6.45, 7) is 1.42. The standard InChI is InChI=1S/C16H20N4O2/c21-14(19-12-2-1-3-12)13-8-16(13)5-7-20(10-16)15(22)11-4-6-17-18-9-11/h4,6,9,12-13H,1-3,5,7-8,10H2,(H,19,21)/t13-,16-/m1/s1. The van der Waals surface area contributed by atoms with Crippen LogP contribution < -0.4 is 5.32 Å². The lowest BCUT2D eigenvalue weighted by Gasteiger charge is -2.26. The molecule has 1 aromatic rings. The number of amides is 2. The first-order valence-corrected chi connectivity index (χ1v) is 8.04.